The van der Waals surface area contributed by atoms with Crippen LogP contribution in [0.2, 0.25) is 0 Å². The Bertz CT molecular complexity index is 432. The number of aliphatic hydroxyl groups excluding tert-OH is 4. The van der Waals surface area contributed by atoms with Gasteiger partial charge in [-0.1, -0.05) is 12.1 Å². The normalized spacial score (nSPS) is 33.0. The molecule has 0 saturated carbocycles. The van der Waals surface area contributed by atoms with Crippen molar-refractivity contribution < 1.29 is 30.3 Å². The molecule has 2 rings (SSSR count). The second kappa shape index (κ2) is 7.20. The van der Waals surface area contributed by atoms with Gasteiger partial charge in [0.1, 0.15) is 30.2 Å². The molecule has 5 N–H and O–H groups in total. The first-order valence-electron chi connectivity index (χ1n) is 7.11. The van der Waals surface area contributed by atoms with Crippen molar-refractivity contribution in [3.05, 3.63) is 29.8 Å². The molecule has 0 spiro atoms. The first kappa shape index (κ1) is 16.2. The van der Waals surface area contributed by atoms with Crippen molar-refractivity contribution in [1.29, 1.82) is 0 Å². The lowest BCUT2D eigenvalue weighted by Crippen LogP contribution is -2.58. The summed E-state index contributed by atoms with van der Waals surface area (Å²) in [6.45, 7) is -0.403. The summed E-state index contributed by atoms with van der Waals surface area (Å²) in [5, 5.41) is 47.6. The molecule has 5 atom stereocenters. The molecular weight excluding hydrogens is 276 g/mol. The molecule has 0 radical (unpaired) electrons. The molecule has 0 aromatic heterocycles. The number of aryl methyl sites for hydroxylation is 1. The monoisotopic (exact) mass is 298 g/mol. The first-order chi connectivity index (χ1) is 10.0. The molecule has 1 aliphatic heterocycles. The van der Waals surface area contributed by atoms with Crippen LogP contribution in [0.25, 0.3) is 0 Å². The van der Waals surface area contributed by atoms with E-state index in [1.165, 1.54) is 0 Å². The summed E-state index contributed by atoms with van der Waals surface area (Å²) in [6, 6.07) is 6.87. The minimum Gasteiger partial charge on any atom is -0.508 e. The van der Waals surface area contributed by atoms with Crippen LogP contribution in [0, 0.1) is 0 Å². The number of aliphatic hydroxyl groups is 4. The summed E-state index contributed by atoms with van der Waals surface area (Å²) in [7, 11) is 0. The van der Waals surface area contributed by atoms with E-state index in [4.69, 9.17) is 9.84 Å². The summed E-state index contributed by atoms with van der Waals surface area (Å²) in [6.07, 6.45) is -3.28. The van der Waals surface area contributed by atoms with Gasteiger partial charge in [-0.05, 0) is 37.0 Å². The largest absolute Gasteiger partial charge is 0.508 e. The molecule has 6 heteroatoms. The Morgan fingerprint density at radius 1 is 0.905 bits per heavy atom. The van der Waals surface area contributed by atoms with Gasteiger partial charge in [0.05, 0.1) is 12.7 Å². The molecule has 1 aliphatic rings. The van der Waals surface area contributed by atoms with Gasteiger partial charge in [0.25, 0.3) is 0 Å². The van der Waals surface area contributed by atoms with Gasteiger partial charge in [0, 0.05) is 0 Å². The van der Waals surface area contributed by atoms with Crippen LogP contribution in [0.5, 0.6) is 5.75 Å². The van der Waals surface area contributed by atoms with Gasteiger partial charge in [-0.3, -0.25) is 0 Å². The molecule has 0 aliphatic carbocycles. The molecular formula is C15H22O6. The first-order valence-corrected chi connectivity index (χ1v) is 7.11. The molecule has 6 nitrogen and oxygen atoms in total. The molecule has 1 unspecified atom stereocenters. The highest BCUT2D eigenvalue weighted by molar-refractivity contribution is 5.25. The number of benzene rings is 1. The van der Waals surface area contributed by atoms with Crippen LogP contribution < -0.4 is 0 Å². The van der Waals surface area contributed by atoms with Gasteiger partial charge in [0.2, 0.25) is 0 Å². The molecule has 1 heterocycles. The smallest absolute Gasteiger partial charge is 0.115 e. The molecule has 1 fully saturated rings. The number of ether oxygens (including phenoxy) is 1. The number of rotatable bonds is 5. The van der Waals surface area contributed by atoms with Crippen LogP contribution in [0.1, 0.15) is 18.4 Å². The van der Waals surface area contributed by atoms with Crippen molar-refractivity contribution in [2.45, 2.75) is 49.8 Å². The Labute approximate surface area is 123 Å². The average Bonchev–Trinajstić information content (AvgIpc) is 2.49. The van der Waals surface area contributed by atoms with E-state index in [0.29, 0.717) is 12.8 Å². The van der Waals surface area contributed by atoms with E-state index in [1.807, 2.05) is 12.1 Å². The van der Waals surface area contributed by atoms with Crippen molar-refractivity contribution in [2.75, 3.05) is 6.61 Å². The van der Waals surface area contributed by atoms with Crippen LogP contribution in [-0.4, -0.2) is 62.7 Å². The highest BCUT2D eigenvalue weighted by Gasteiger charge is 2.42. The molecule has 0 amide bonds. The quantitative estimate of drug-likeness (QED) is 0.504. The Morgan fingerprint density at radius 2 is 1.52 bits per heavy atom. The van der Waals surface area contributed by atoms with Crippen LogP contribution in [0.15, 0.2) is 24.3 Å². The number of aromatic hydroxyl groups is 1. The zero-order chi connectivity index (χ0) is 15.4. The Hall–Kier alpha value is -1.18. The summed E-state index contributed by atoms with van der Waals surface area (Å²) < 4.78 is 5.44. The fourth-order valence-corrected chi connectivity index (χ4v) is 2.59. The summed E-state index contributed by atoms with van der Waals surface area (Å²) in [5.74, 6) is 0.215. The SMILES string of the molecule is OC[C@H]1OC(CCCc2ccc(O)cc2)[C@H](O)[C@@H](O)[C@@H]1O. The van der Waals surface area contributed by atoms with Gasteiger partial charge >= 0.3 is 0 Å². The van der Waals surface area contributed by atoms with Crippen LogP contribution in [0.4, 0.5) is 0 Å². The van der Waals surface area contributed by atoms with Crippen molar-refractivity contribution in [2.24, 2.45) is 0 Å². The third-order valence-electron chi connectivity index (χ3n) is 3.88. The molecule has 1 aromatic rings. The van der Waals surface area contributed by atoms with Crippen LogP contribution in [-0.2, 0) is 11.2 Å². The van der Waals surface area contributed by atoms with E-state index in [9.17, 15) is 20.4 Å². The second-order valence-electron chi connectivity index (χ2n) is 5.43. The van der Waals surface area contributed by atoms with Crippen molar-refractivity contribution in [3.8, 4) is 5.75 Å². The maximum absolute atomic E-state index is 9.91. The van der Waals surface area contributed by atoms with Gasteiger partial charge in [-0.15, -0.1) is 0 Å². The standard InChI is InChI=1S/C15H22O6/c16-8-12-14(19)15(20)13(18)11(21-12)3-1-2-9-4-6-10(17)7-5-9/h4-7,11-20H,1-3,8H2/t11?,12-,13+,14-,15-/m1/s1. The van der Waals surface area contributed by atoms with Crippen LogP contribution >= 0.6 is 0 Å². The van der Waals surface area contributed by atoms with Gasteiger partial charge in [-0.2, -0.15) is 0 Å². The zero-order valence-corrected chi connectivity index (χ0v) is 11.7. The predicted octanol–water partition coefficient (Wildman–Crippen LogP) is -0.443. The third kappa shape index (κ3) is 3.93. The Balaban J connectivity index is 1.85. The Kier molecular flexibility index (Phi) is 5.55. The highest BCUT2D eigenvalue weighted by Crippen LogP contribution is 2.24. The third-order valence-corrected chi connectivity index (χ3v) is 3.88. The fraction of sp³-hybridized carbons (Fsp3) is 0.600. The maximum Gasteiger partial charge on any atom is 0.115 e. The summed E-state index contributed by atoms with van der Waals surface area (Å²) >= 11 is 0. The van der Waals surface area contributed by atoms with E-state index < -0.39 is 37.1 Å². The number of hydrogen-bond acceptors (Lipinski definition) is 6. The van der Waals surface area contributed by atoms with Crippen LogP contribution in [0.3, 0.4) is 0 Å². The minimum absolute atomic E-state index is 0.215. The number of phenolic OH excluding ortho intramolecular Hbond substituents is 1. The highest BCUT2D eigenvalue weighted by atomic mass is 16.5. The van der Waals surface area contributed by atoms with Gasteiger partial charge in [0.15, 0.2) is 0 Å². The number of hydrogen-bond donors (Lipinski definition) is 5. The minimum atomic E-state index is -1.31. The lowest BCUT2D eigenvalue weighted by Gasteiger charge is -2.40. The zero-order valence-electron chi connectivity index (χ0n) is 11.7. The predicted molar refractivity (Wildman–Crippen MR) is 74.8 cm³/mol. The summed E-state index contributed by atoms with van der Waals surface area (Å²) in [5.41, 5.74) is 1.05. The van der Waals surface area contributed by atoms with Crippen molar-refractivity contribution in [3.63, 3.8) is 0 Å². The molecule has 118 valence electrons. The van der Waals surface area contributed by atoms with Crippen molar-refractivity contribution >= 4 is 0 Å². The van der Waals surface area contributed by atoms with E-state index in [0.717, 1.165) is 12.0 Å². The molecule has 1 saturated heterocycles. The van der Waals surface area contributed by atoms with Gasteiger partial charge < -0.3 is 30.3 Å². The molecule has 0 bridgehead atoms. The van der Waals surface area contributed by atoms with E-state index in [-0.39, 0.29) is 5.75 Å². The Morgan fingerprint density at radius 3 is 2.14 bits per heavy atom. The number of phenols is 1. The maximum atomic E-state index is 9.91. The van der Waals surface area contributed by atoms with Crippen molar-refractivity contribution in [1.82, 2.24) is 0 Å². The van der Waals surface area contributed by atoms with E-state index >= 15 is 0 Å². The fourth-order valence-electron chi connectivity index (χ4n) is 2.59. The molecule has 1 aromatic carbocycles. The van der Waals surface area contributed by atoms with Gasteiger partial charge in [-0.25, -0.2) is 0 Å². The molecule has 21 heavy (non-hydrogen) atoms. The average molecular weight is 298 g/mol. The lowest BCUT2D eigenvalue weighted by atomic mass is 9.92. The lowest BCUT2D eigenvalue weighted by molar-refractivity contribution is -0.230. The van der Waals surface area contributed by atoms with E-state index in [2.05, 4.69) is 0 Å². The second-order valence-corrected chi connectivity index (χ2v) is 5.43. The topological polar surface area (TPSA) is 110 Å². The van der Waals surface area contributed by atoms with E-state index in [1.54, 1.807) is 12.1 Å². The summed E-state index contributed by atoms with van der Waals surface area (Å²) in [4.78, 5) is 0.